The van der Waals surface area contributed by atoms with Gasteiger partial charge in [0.1, 0.15) is 17.2 Å². The van der Waals surface area contributed by atoms with Gasteiger partial charge in [-0.3, -0.25) is 4.90 Å². The van der Waals surface area contributed by atoms with Crippen molar-refractivity contribution in [3.63, 3.8) is 0 Å². The maximum atomic E-state index is 13.6. The van der Waals surface area contributed by atoms with Gasteiger partial charge >= 0.3 is 6.18 Å². The lowest BCUT2D eigenvalue weighted by Crippen LogP contribution is -2.52. The maximum Gasteiger partial charge on any atom is 0.418 e. The van der Waals surface area contributed by atoms with Crippen molar-refractivity contribution in [2.75, 3.05) is 76.6 Å². The molecule has 2 aliphatic heterocycles. The molecule has 200 valence electrons. The molecule has 0 amide bonds. The van der Waals surface area contributed by atoms with Crippen molar-refractivity contribution in [2.24, 2.45) is 0 Å². The molecule has 0 bridgehead atoms. The molecule has 4 heterocycles. The van der Waals surface area contributed by atoms with Crippen LogP contribution in [0.2, 0.25) is 0 Å². The second kappa shape index (κ2) is 11.0. The summed E-state index contributed by atoms with van der Waals surface area (Å²) < 4.78 is 56.9. The average Bonchev–Trinajstić information content (AvgIpc) is 3.29. The summed E-state index contributed by atoms with van der Waals surface area (Å²) >= 11 is 0. The van der Waals surface area contributed by atoms with E-state index in [1.165, 1.54) is 12.4 Å². The Morgan fingerprint density at radius 3 is 2.59 bits per heavy atom. The summed E-state index contributed by atoms with van der Waals surface area (Å²) in [6.45, 7) is 4.56. The number of hydrogen-bond acceptors (Lipinski definition) is 7. The standard InChI is InChI=1S/C25H31F3N5O3P/c1-34-8-5-29-20-12-22(32-24-23(20)18(13-30-24)25(26,27)28)31-19-4-3-17(11-21(19)35-2)37-9-6-33(7-10-37)16-14-36-15-16/h3-4,11-13,16H,5-10,14-15H2,1-2H3,(H3,29,30,31,32). The molecule has 8 nitrogen and oxygen atoms in total. The third kappa shape index (κ3) is 5.65. The summed E-state index contributed by atoms with van der Waals surface area (Å²) in [7, 11) is 2.88. The lowest BCUT2D eigenvalue weighted by Gasteiger charge is -2.41. The predicted molar refractivity (Wildman–Crippen MR) is 140 cm³/mol. The fourth-order valence-corrected chi connectivity index (χ4v) is 7.07. The van der Waals surface area contributed by atoms with Crippen LogP contribution in [0.1, 0.15) is 5.56 Å². The fraction of sp³-hybridized carbons (Fsp3) is 0.480. The quantitative estimate of drug-likeness (QED) is 0.279. The van der Waals surface area contributed by atoms with Crippen LogP contribution < -0.4 is 20.7 Å². The minimum atomic E-state index is -4.50. The van der Waals surface area contributed by atoms with Gasteiger partial charge in [0.05, 0.1) is 49.6 Å². The number of anilines is 3. The van der Waals surface area contributed by atoms with Crippen LogP contribution in [0.3, 0.4) is 0 Å². The molecule has 37 heavy (non-hydrogen) atoms. The van der Waals surface area contributed by atoms with Crippen molar-refractivity contribution in [3.05, 3.63) is 36.0 Å². The summed E-state index contributed by atoms with van der Waals surface area (Å²) in [5.74, 6) is 1.07. The van der Waals surface area contributed by atoms with Crippen molar-refractivity contribution in [1.82, 2.24) is 14.9 Å². The van der Waals surface area contributed by atoms with E-state index >= 15 is 0 Å². The summed E-state index contributed by atoms with van der Waals surface area (Å²) in [6.07, 6.45) is -1.27. The van der Waals surface area contributed by atoms with E-state index < -0.39 is 11.7 Å². The Hall–Kier alpha value is -2.59. The van der Waals surface area contributed by atoms with Crippen LogP contribution in [0.15, 0.2) is 30.5 Å². The number of alkyl halides is 3. The van der Waals surface area contributed by atoms with Crippen molar-refractivity contribution in [3.8, 4) is 5.75 Å². The first-order valence-corrected chi connectivity index (χ1v) is 13.9. The molecular weight excluding hydrogens is 506 g/mol. The van der Waals surface area contributed by atoms with Crippen LogP contribution in [-0.4, -0.2) is 86.9 Å². The molecule has 2 saturated heterocycles. The number of benzene rings is 1. The fourth-order valence-electron chi connectivity index (χ4n) is 4.75. The van der Waals surface area contributed by atoms with Gasteiger partial charge in [0.2, 0.25) is 0 Å². The monoisotopic (exact) mass is 537 g/mol. The zero-order chi connectivity index (χ0) is 26.0. The van der Waals surface area contributed by atoms with Crippen molar-refractivity contribution < 1.29 is 27.4 Å². The Labute approximate surface area is 214 Å². The number of pyridine rings is 1. The van der Waals surface area contributed by atoms with Gasteiger partial charge < -0.3 is 29.8 Å². The third-order valence-corrected chi connectivity index (χ3v) is 9.32. The highest BCUT2D eigenvalue weighted by molar-refractivity contribution is 7.65. The first-order chi connectivity index (χ1) is 17.9. The van der Waals surface area contributed by atoms with Gasteiger partial charge in [0, 0.05) is 44.7 Å². The van der Waals surface area contributed by atoms with Crippen LogP contribution in [0.25, 0.3) is 11.0 Å². The van der Waals surface area contributed by atoms with Crippen LogP contribution >= 0.6 is 7.92 Å². The molecule has 0 radical (unpaired) electrons. The smallest absolute Gasteiger partial charge is 0.418 e. The molecule has 2 aromatic heterocycles. The molecule has 0 aliphatic carbocycles. The van der Waals surface area contributed by atoms with E-state index in [0.29, 0.717) is 42.1 Å². The van der Waals surface area contributed by atoms with E-state index in [0.717, 1.165) is 44.8 Å². The summed E-state index contributed by atoms with van der Waals surface area (Å²) in [4.78, 5) is 9.61. The molecule has 2 fully saturated rings. The molecular formula is C25H31F3N5O3P. The Bertz CT molecular complexity index is 1230. The lowest BCUT2D eigenvalue weighted by molar-refractivity contribution is -0.136. The summed E-state index contributed by atoms with van der Waals surface area (Å²) in [5, 5.41) is 7.57. The van der Waals surface area contributed by atoms with Crippen LogP contribution in [0.5, 0.6) is 5.75 Å². The number of nitrogens with zero attached hydrogens (tertiary/aromatic N) is 2. The van der Waals surface area contributed by atoms with Crippen molar-refractivity contribution in [1.29, 1.82) is 0 Å². The molecule has 0 saturated carbocycles. The highest BCUT2D eigenvalue weighted by atomic mass is 31.1. The number of methoxy groups -OCH3 is 2. The second-order valence-corrected chi connectivity index (χ2v) is 11.6. The maximum absolute atomic E-state index is 13.6. The van der Waals surface area contributed by atoms with E-state index in [1.807, 2.05) is 6.07 Å². The van der Waals surface area contributed by atoms with Gasteiger partial charge in [-0.1, -0.05) is 14.0 Å². The van der Waals surface area contributed by atoms with E-state index in [1.54, 1.807) is 13.2 Å². The number of H-pyrrole nitrogens is 1. The third-order valence-electron chi connectivity index (χ3n) is 6.83. The summed E-state index contributed by atoms with van der Waals surface area (Å²) in [6, 6.07) is 8.30. The minimum Gasteiger partial charge on any atom is -0.495 e. The Balaban J connectivity index is 1.37. The Morgan fingerprint density at radius 2 is 1.95 bits per heavy atom. The number of hydrogen-bond donors (Lipinski definition) is 3. The molecule has 0 spiro atoms. The highest BCUT2D eigenvalue weighted by Gasteiger charge is 2.35. The average molecular weight is 538 g/mol. The normalized spacial score (nSPS) is 17.6. The van der Waals surface area contributed by atoms with Gasteiger partial charge in [0.25, 0.3) is 0 Å². The van der Waals surface area contributed by atoms with E-state index in [2.05, 4.69) is 37.6 Å². The lowest BCUT2D eigenvalue weighted by atomic mass is 10.1. The van der Waals surface area contributed by atoms with E-state index in [9.17, 15) is 13.2 Å². The van der Waals surface area contributed by atoms with Gasteiger partial charge in [-0.25, -0.2) is 4.98 Å². The molecule has 3 N–H and O–H groups in total. The predicted octanol–water partition coefficient (Wildman–Crippen LogP) is 4.21. The van der Waals surface area contributed by atoms with E-state index in [4.69, 9.17) is 14.2 Å². The highest BCUT2D eigenvalue weighted by Crippen LogP contribution is 2.41. The Morgan fingerprint density at radius 1 is 1.16 bits per heavy atom. The molecule has 12 heteroatoms. The Kier molecular flexibility index (Phi) is 7.76. The number of aromatic nitrogens is 2. The van der Waals surface area contributed by atoms with Crippen LogP contribution in [0.4, 0.5) is 30.4 Å². The van der Waals surface area contributed by atoms with Crippen LogP contribution in [0, 0.1) is 0 Å². The molecule has 3 aromatic rings. The van der Waals surface area contributed by atoms with E-state index in [-0.39, 0.29) is 19.0 Å². The van der Waals surface area contributed by atoms with Crippen LogP contribution in [-0.2, 0) is 15.7 Å². The number of aromatic amines is 1. The molecule has 0 unspecified atom stereocenters. The molecule has 0 atom stereocenters. The minimum absolute atomic E-state index is 0.000860. The molecule has 1 aromatic carbocycles. The first-order valence-electron chi connectivity index (χ1n) is 12.2. The van der Waals surface area contributed by atoms with Crippen molar-refractivity contribution >= 4 is 41.5 Å². The first kappa shape index (κ1) is 26.0. The number of fused-ring (bicyclic) bond motifs is 1. The number of halogens is 3. The number of rotatable bonds is 9. The summed E-state index contributed by atoms with van der Waals surface area (Å²) in [5.41, 5.74) is 0.395. The van der Waals surface area contributed by atoms with Gasteiger partial charge in [-0.15, -0.1) is 0 Å². The SMILES string of the molecule is COCCNc1cc(Nc2ccc(P3CCN(C4COC4)CC3)cc2OC)nc2[nH]cc(C(F)(F)F)c12. The zero-order valence-electron chi connectivity index (χ0n) is 20.8. The molecule has 2 aliphatic rings. The largest absolute Gasteiger partial charge is 0.495 e. The topological polar surface area (TPSA) is 83.7 Å². The van der Waals surface area contributed by atoms with Gasteiger partial charge in [0.15, 0.2) is 0 Å². The number of nitrogens with one attached hydrogen (secondary N) is 3. The van der Waals surface area contributed by atoms with Gasteiger partial charge in [-0.05, 0) is 29.8 Å². The number of ether oxygens (including phenoxy) is 3. The second-order valence-electron chi connectivity index (χ2n) is 9.12. The van der Waals surface area contributed by atoms with Gasteiger partial charge in [-0.2, -0.15) is 13.2 Å². The molecule has 5 rings (SSSR count). The van der Waals surface area contributed by atoms with Crippen molar-refractivity contribution in [2.45, 2.75) is 12.2 Å². The zero-order valence-corrected chi connectivity index (χ0v) is 21.7.